The fourth-order valence-corrected chi connectivity index (χ4v) is 2.96. The molecule has 6 nitrogen and oxygen atoms in total. The van der Waals surface area contributed by atoms with Gasteiger partial charge in [-0.2, -0.15) is 0 Å². The Hall–Kier alpha value is -1.53. The van der Waals surface area contributed by atoms with Crippen LogP contribution < -0.4 is 10.6 Å². The standard InChI is InChI=1S/C16H27N3O3/c1-2-13-6-3-4-9-19(13)10-8-17-16(21)18-12-14(20)15-7-5-11-22-15/h5,7,11,13-14,20H,2-4,6,8-10,12H2,1H3,(H2,17,18,21). The van der Waals surface area contributed by atoms with Crippen LogP contribution in [0.3, 0.4) is 0 Å². The molecule has 6 heteroatoms. The minimum atomic E-state index is -0.813. The molecule has 1 aliphatic rings. The smallest absolute Gasteiger partial charge is 0.314 e. The predicted molar refractivity (Wildman–Crippen MR) is 84.6 cm³/mol. The number of hydrogen-bond acceptors (Lipinski definition) is 4. The van der Waals surface area contributed by atoms with Crippen LogP contribution in [-0.4, -0.2) is 48.3 Å². The average Bonchev–Trinajstić information content (AvgIpc) is 3.07. The van der Waals surface area contributed by atoms with Crippen molar-refractivity contribution in [3.63, 3.8) is 0 Å². The largest absolute Gasteiger partial charge is 0.467 e. The molecule has 3 N–H and O–H groups in total. The minimum absolute atomic E-state index is 0.140. The Labute approximate surface area is 131 Å². The Balaban J connectivity index is 1.61. The zero-order valence-electron chi connectivity index (χ0n) is 13.3. The van der Waals surface area contributed by atoms with E-state index in [2.05, 4.69) is 22.5 Å². The number of likely N-dealkylation sites (tertiary alicyclic amines) is 1. The van der Waals surface area contributed by atoms with Gasteiger partial charge in [0.15, 0.2) is 0 Å². The molecule has 1 fully saturated rings. The highest BCUT2D eigenvalue weighted by atomic mass is 16.4. The SMILES string of the molecule is CCC1CCCCN1CCNC(=O)NCC(O)c1ccco1. The second-order valence-electron chi connectivity index (χ2n) is 5.76. The van der Waals surface area contributed by atoms with Crippen molar-refractivity contribution in [1.82, 2.24) is 15.5 Å². The zero-order chi connectivity index (χ0) is 15.8. The van der Waals surface area contributed by atoms with E-state index in [1.54, 1.807) is 12.1 Å². The fourth-order valence-electron chi connectivity index (χ4n) is 2.96. The van der Waals surface area contributed by atoms with E-state index in [0.717, 1.165) is 13.1 Å². The fraction of sp³-hybridized carbons (Fsp3) is 0.688. The van der Waals surface area contributed by atoms with Gasteiger partial charge in [-0.1, -0.05) is 13.3 Å². The number of carbonyl (C=O) groups excluding carboxylic acids is 1. The lowest BCUT2D eigenvalue weighted by molar-refractivity contribution is 0.142. The van der Waals surface area contributed by atoms with E-state index in [1.165, 1.54) is 31.9 Å². The number of furan rings is 1. The maximum atomic E-state index is 11.7. The molecule has 2 unspecified atom stereocenters. The molecule has 1 aromatic heterocycles. The Morgan fingerprint density at radius 2 is 2.36 bits per heavy atom. The van der Waals surface area contributed by atoms with Gasteiger partial charge in [0.25, 0.3) is 0 Å². The van der Waals surface area contributed by atoms with Crippen LogP contribution in [0.4, 0.5) is 4.79 Å². The predicted octanol–water partition coefficient (Wildman–Crippen LogP) is 1.88. The van der Waals surface area contributed by atoms with Crippen molar-refractivity contribution in [2.75, 3.05) is 26.2 Å². The summed E-state index contributed by atoms with van der Waals surface area (Å²) >= 11 is 0. The lowest BCUT2D eigenvalue weighted by Crippen LogP contribution is -2.45. The monoisotopic (exact) mass is 309 g/mol. The van der Waals surface area contributed by atoms with Gasteiger partial charge in [-0.25, -0.2) is 4.79 Å². The number of rotatable bonds is 7. The van der Waals surface area contributed by atoms with E-state index in [9.17, 15) is 9.90 Å². The van der Waals surface area contributed by atoms with Crippen molar-refractivity contribution >= 4 is 6.03 Å². The lowest BCUT2D eigenvalue weighted by Gasteiger charge is -2.35. The second-order valence-corrected chi connectivity index (χ2v) is 5.76. The normalized spacial score (nSPS) is 20.5. The van der Waals surface area contributed by atoms with Gasteiger partial charge in [0, 0.05) is 19.1 Å². The summed E-state index contributed by atoms with van der Waals surface area (Å²) < 4.78 is 5.08. The van der Waals surface area contributed by atoms with Gasteiger partial charge >= 0.3 is 6.03 Å². The first kappa shape index (κ1) is 16.8. The van der Waals surface area contributed by atoms with Crippen LogP contribution in [0.15, 0.2) is 22.8 Å². The molecule has 2 amide bonds. The lowest BCUT2D eigenvalue weighted by atomic mass is 10.0. The first-order chi connectivity index (χ1) is 10.7. The van der Waals surface area contributed by atoms with Gasteiger partial charge in [-0.3, -0.25) is 4.90 Å². The summed E-state index contributed by atoms with van der Waals surface area (Å²) in [5.41, 5.74) is 0. The summed E-state index contributed by atoms with van der Waals surface area (Å²) in [4.78, 5) is 14.2. The molecule has 0 spiro atoms. The van der Waals surface area contributed by atoms with Gasteiger partial charge in [-0.15, -0.1) is 0 Å². The van der Waals surface area contributed by atoms with E-state index in [4.69, 9.17) is 4.42 Å². The van der Waals surface area contributed by atoms with Crippen LogP contribution in [-0.2, 0) is 0 Å². The maximum absolute atomic E-state index is 11.7. The van der Waals surface area contributed by atoms with Gasteiger partial charge in [0.05, 0.1) is 12.8 Å². The highest BCUT2D eigenvalue weighted by Gasteiger charge is 2.20. The number of urea groups is 1. The van der Waals surface area contributed by atoms with Crippen LogP contribution in [0.5, 0.6) is 0 Å². The number of nitrogens with zero attached hydrogens (tertiary/aromatic N) is 1. The van der Waals surface area contributed by atoms with Crippen molar-refractivity contribution in [2.24, 2.45) is 0 Å². The third-order valence-corrected chi connectivity index (χ3v) is 4.23. The summed E-state index contributed by atoms with van der Waals surface area (Å²) in [5, 5.41) is 15.3. The van der Waals surface area contributed by atoms with E-state index >= 15 is 0 Å². The molecule has 124 valence electrons. The van der Waals surface area contributed by atoms with Crippen LogP contribution in [0, 0.1) is 0 Å². The molecule has 2 atom stereocenters. The molecule has 0 aromatic carbocycles. The highest BCUT2D eigenvalue weighted by molar-refractivity contribution is 5.73. The summed E-state index contributed by atoms with van der Waals surface area (Å²) in [5.74, 6) is 0.458. The molecule has 1 aliphatic heterocycles. The number of aliphatic hydroxyl groups is 1. The molecule has 2 heterocycles. The minimum Gasteiger partial charge on any atom is -0.467 e. The summed E-state index contributed by atoms with van der Waals surface area (Å²) in [6, 6.07) is 3.79. The third kappa shape index (κ3) is 5.03. The molecule has 0 bridgehead atoms. The first-order valence-corrected chi connectivity index (χ1v) is 8.18. The van der Waals surface area contributed by atoms with Crippen molar-refractivity contribution in [2.45, 2.75) is 44.8 Å². The Morgan fingerprint density at radius 3 is 3.09 bits per heavy atom. The maximum Gasteiger partial charge on any atom is 0.314 e. The van der Waals surface area contributed by atoms with Gasteiger partial charge in [-0.05, 0) is 37.9 Å². The van der Waals surface area contributed by atoms with Crippen LogP contribution in [0.25, 0.3) is 0 Å². The van der Waals surface area contributed by atoms with Crippen molar-refractivity contribution < 1.29 is 14.3 Å². The summed E-state index contributed by atoms with van der Waals surface area (Å²) in [6.07, 6.45) is 5.68. The molecular formula is C16H27N3O3. The van der Waals surface area contributed by atoms with Gasteiger partial charge < -0.3 is 20.2 Å². The molecule has 1 saturated heterocycles. The van der Waals surface area contributed by atoms with E-state index in [1.807, 2.05) is 0 Å². The number of amides is 2. The van der Waals surface area contributed by atoms with E-state index < -0.39 is 6.10 Å². The number of piperidine rings is 1. The molecule has 22 heavy (non-hydrogen) atoms. The van der Waals surface area contributed by atoms with E-state index in [0.29, 0.717) is 18.3 Å². The van der Waals surface area contributed by atoms with Crippen molar-refractivity contribution in [1.29, 1.82) is 0 Å². The topological polar surface area (TPSA) is 77.7 Å². The molecule has 1 aromatic rings. The first-order valence-electron chi connectivity index (χ1n) is 8.18. The van der Waals surface area contributed by atoms with Crippen LogP contribution >= 0.6 is 0 Å². The number of carbonyl (C=O) groups is 1. The number of hydrogen-bond donors (Lipinski definition) is 3. The van der Waals surface area contributed by atoms with Gasteiger partial charge in [0.1, 0.15) is 11.9 Å². The van der Waals surface area contributed by atoms with Gasteiger partial charge in [0.2, 0.25) is 0 Å². The summed E-state index contributed by atoms with van der Waals surface area (Å²) in [7, 11) is 0. The quantitative estimate of drug-likeness (QED) is 0.718. The zero-order valence-corrected chi connectivity index (χ0v) is 13.3. The van der Waals surface area contributed by atoms with Crippen LogP contribution in [0.2, 0.25) is 0 Å². The Morgan fingerprint density at radius 1 is 1.50 bits per heavy atom. The molecule has 2 rings (SSSR count). The molecule has 0 saturated carbocycles. The number of aliphatic hydroxyl groups excluding tert-OH is 1. The highest BCUT2D eigenvalue weighted by Crippen LogP contribution is 2.18. The number of nitrogens with one attached hydrogen (secondary N) is 2. The molecule has 0 radical (unpaired) electrons. The summed E-state index contributed by atoms with van der Waals surface area (Å²) in [6.45, 7) is 4.99. The molecular weight excluding hydrogens is 282 g/mol. The average molecular weight is 309 g/mol. The second kappa shape index (κ2) is 8.80. The van der Waals surface area contributed by atoms with Crippen molar-refractivity contribution in [3.05, 3.63) is 24.2 Å². The van der Waals surface area contributed by atoms with Crippen LogP contribution in [0.1, 0.15) is 44.5 Å². The van der Waals surface area contributed by atoms with E-state index in [-0.39, 0.29) is 12.6 Å². The Bertz CT molecular complexity index is 436. The Kier molecular flexibility index (Phi) is 6.74. The van der Waals surface area contributed by atoms with Crippen molar-refractivity contribution in [3.8, 4) is 0 Å². The third-order valence-electron chi connectivity index (χ3n) is 4.23. The molecule has 0 aliphatic carbocycles.